The van der Waals surface area contributed by atoms with Gasteiger partial charge in [0.1, 0.15) is 5.60 Å². The number of aliphatic hydroxyl groups is 1. The van der Waals surface area contributed by atoms with E-state index in [1.807, 2.05) is 32.6 Å². The lowest BCUT2D eigenvalue weighted by Gasteiger charge is -2.24. The van der Waals surface area contributed by atoms with Crippen LogP contribution in [-0.2, 0) is 9.53 Å². The molecule has 1 atom stereocenters. The van der Waals surface area contributed by atoms with Crippen LogP contribution in [0.4, 0.5) is 0 Å². The molecule has 15 heavy (non-hydrogen) atoms. The van der Waals surface area contributed by atoms with Crippen LogP contribution in [0.1, 0.15) is 34.6 Å². The van der Waals surface area contributed by atoms with Crippen molar-refractivity contribution >= 4 is 5.97 Å². The molecule has 0 aromatic rings. The van der Waals surface area contributed by atoms with Crippen molar-refractivity contribution in [1.29, 1.82) is 0 Å². The molecule has 1 unspecified atom stereocenters. The van der Waals surface area contributed by atoms with Crippen LogP contribution in [0.3, 0.4) is 0 Å². The summed E-state index contributed by atoms with van der Waals surface area (Å²) in [5.74, 6) is -0.245. The van der Waals surface area contributed by atoms with E-state index in [-0.39, 0.29) is 12.5 Å². The first-order chi connectivity index (χ1) is 6.74. The van der Waals surface area contributed by atoms with Crippen molar-refractivity contribution in [2.75, 3.05) is 19.6 Å². The average Bonchev–Trinajstić information content (AvgIpc) is 1.98. The second-order valence-corrected chi connectivity index (χ2v) is 4.76. The van der Waals surface area contributed by atoms with E-state index in [0.717, 1.165) is 6.54 Å². The molecule has 90 valence electrons. The Labute approximate surface area is 92.2 Å². The summed E-state index contributed by atoms with van der Waals surface area (Å²) in [4.78, 5) is 13.3. The van der Waals surface area contributed by atoms with Gasteiger partial charge >= 0.3 is 5.97 Å². The minimum atomic E-state index is -0.443. The van der Waals surface area contributed by atoms with Crippen LogP contribution >= 0.6 is 0 Å². The third-order valence-electron chi connectivity index (χ3n) is 1.74. The van der Waals surface area contributed by atoms with Gasteiger partial charge in [0, 0.05) is 6.54 Å². The van der Waals surface area contributed by atoms with E-state index in [1.54, 1.807) is 6.92 Å². The number of hydrogen-bond donors (Lipinski definition) is 1. The highest BCUT2D eigenvalue weighted by atomic mass is 16.6. The summed E-state index contributed by atoms with van der Waals surface area (Å²) in [6.07, 6.45) is -0.424. The maximum Gasteiger partial charge on any atom is 0.320 e. The summed E-state index contributed by atoms with van der Waals surface area (Å²) in [7, 11) is 0. The molecule has 0 aromatic heterocycles. The summed E-state index contributed by atoms with van der Waals surface area (Å²) in [5.41, 5.74) is -0.443. The molecule has 0 aliphatic carbocycles. The van der Waals surface area contributed by atoms with Crippen molar-refractivity contribution in [3.63, 3.8) is 0 Å². The van der Waals surface area contributed by atoms with Gasteiger partial charge in [0.25, 0.3) is 0 Å². The first-order valence-corrected chi connectivity index (χ1v) is 5.37. The quantitative estimate of drug-likeness (QED) is 0.699. The fourth-order valence-corrected chi connectivity index (χ4v) is 1.24. The Balaban J connectivity index is 4.02. The minimum Gasteiger partial charge on any atom is -0.459 e. The Morgan fingerprint density at radius 1 is 1.47 bits per heavy atom. The van der Waals surface area contributed by atoms with E-state index >= 15 is 0 Å². The summed E-state index contributed by atoms with van der Waals surface area (Å²) >= 11 is 0. The smallest absolute Gasteiger partial charge is 0.320 e. The van der Waals surface area contributed by atoms with Gasteiger partial charge in [-0.2, -0.15) is 0 Å². The lowest BCUT2D eigenvalue weighted by molar-refractivity contribution is -0.156. The number of esters is 1. The van der Waals surface area contributed by atoms with Crippen molar-refractivity contribution in [3.8, 4) is 0 Å². The Hall–Kier alpha value is -0.610. The van der Waals surface area contributed by atoms with Gasteiger partial charge in [-0.3, -0.25) is 9.69 Å². The summed E-state index contributed by atoms with van der Waals surface area (Å²) in [6, 6.07) is 0. The first-order valence-electron chi connectivity index (χ1n) is 5.37. The van der Waals surface area contributed by atoms with Crippen molar-refractivity contribution in [1.82, 2.24) is 4.90 Å². The van der Waals surface area contributed by atoms with E-state index < -0.39 is 11.7 Å². The van der Waals surface area contributed by atoms with Crippen LogP contribution in [0.15, 0.2) is 0 Å². The van der Waals surface area contributed by atoms with Crippen LogP contribution < -0.4 is 0 Å². The molecule has 0 saturated carbocycles. The molecule has 1 N–H and O–H groups in total. The van der Waals surface area contributed by atoms with E-state index in [2.05, 4.69) is 0 Å². The molecule has 0 radical (unpaired) electrons. The average molecular weight is 217 g/mol. The Morgan fingerprint density at radius 3 is 2.33 bits per heavy atom. The zero-order valence-corrected chi connectivity index (χ0v) is 10.4. The van der Waals surface area contributed by atoms with Crippen LogP contribution in [0.25, 0.3) is 0 Å². The highest BCUT2D eigenvalue weighted by Crippen LogP contribution is 2.07. The maximum absolute atomic E-state index is 11.5. The molecule has 0 heterocycles. The Bertz CT molecular complexity index is 196. The monoisotopic (exact) mass is 217 g/mol. The Kier molecular flexibility index (Phi) is 5.83. The molecular formula is C11H23NO3. The molecule has 0 aliphatic heterocycles. The second kappa shape index (κ2) is 6.08. The van der Waals surface area contributed by atoms with Crippen molar-refractivity contribution in [2.45, 2.75) is 46.3 Å². The molecule has 0 saturated heterocycles. The van der Waals surface area contributed by atoms with E-state index in [4.69, 9.17) is 4.74 Å². The SMILES string of the molecule is CCN(CC(=O)OC(C)(C)C)CC(C)O. The van der Waals surface area contributed by atoms with Gasteiger partial charge in [-0.25, -0.2) is 0 Å². The number of ether oxygens (including phenoxy) is 1. The predicted molar refractivity (Wildman–Crippen MR) is 59.6 cm³/mol. The zero-order chi connectivity index (χ0) is 12.1. The van der Waals surface area contributed by atoms with Crippen molar-refractivity contribution < 1.29 is 14.6 Å². The molecule has 0 spiro atoms. The first kappa shape index (κ1) is 14.4. The number of carbonyl (C=O) groups excluding carboxylic acids is 1. The highest BCUT2D eigenvalue weighted by molar-refractivity contribution is 5.72. The number of rotatable bonds is 5. The Morgan fingerprint density at radius 2 is 2.00 bits per heavy atom. The molecule has 0 amide bonds. The van der Waals surface area contributed by atoms with Gasteiger partial charge < -0.3 is 9.84 Å². The molecule has 0 aliphatic rings. The molecule has 4 heteroatoms. The third kappa shape index (κ3) is 8.39. The van der Waals surface area contributed by atoms with Gasteiger partial charge in [-0.15, -0.1) is 0 Å². The number of likely N-dealkylation sites (N-methyl/N-ethyl adjacent to an activating group) is 1. The second-order valence-electron chi connectivity index (χ2n) is 4.76. The molecule has 0 bridgehead atoms. The van der Waals surface area contributed by atoms with Crippen molar-refractivity contribution in [2.24, 2.45) is 0 Å². The summed E-state index contributed by atoms with van der Waals surface area (Å²) < 4.78 is 5.19. The van der Waals surface area contributed by atoms with E-state index in [1.165, 1.54) is 0 Å². The highest BCUT2D eigenvalue weighted by Gasteiger charge is 2.18. The summed E-state index contributed by atoms with van der Waals surface area (Å²) in [5, 5.41) is 9.21. The number of hydrogen-bond acceptors (Lipinski definition) is 4. The molecule has 0 rings (SSSR count). The zero-order valence-electron chi connectivity index (χ0n) is 10.4. The molecule has 0 fully saturated rings. The van der Waals surface area contributed by atoms with Gasteiger partial charge in [0.05, 0.1) is 12.6 Å². The number of aliphatic hydroxyl groups excluding tert-OH is 1. The van der Waals surface area contributed by atoms with E-state index in [0.29, 0.717) is 6.54 Å². The largest absolute Gasteiger partial charge is 0.459 e. The lowest BCUT2D eigenvalue weighted by atomic mass is 10.2. The normalized spacial score (nSPS) is 14.1. The maximum atomic E-state index is 11.5. The molecule has 0 aromatic carbocycles. The lowest BCUT2D eigenvalue weighted by Crippen LogP contribution is -2.38. The van der Waals surface area contributed by atoms with Gasteiger partial charge in [-0.1, -0.05) is 6.92 Å². The van der Waals surface area contributed by atoms with Crippen molar-refractivity contribution in [3.05, 3.63) is 0 Å². The van der Waals surface area contributed by atoms with Gasteiger partial charge in [0.2, 0.25) is 0 Å². The minimum absolute atomic E-state index is 0.235. The van der Waals surface area contributed by atoms with E-state index in [9.17, 15) is 9.90 Å². The summed E-state index contributed by atoms with van der Waals surface area (Å²) in [6.45, 7) is 10.6. The topological polar surface area (TPSA) is 49.8 Å². The third-order valence-corrected chi connectivity index (χ3v) is 1.74. The molecular weight excluding hydrogens is 194 g/mol. The van der Waals surface area contributed by atoms with Gasteiger partial charge in [-0.05, 0) is 34.2 Å². The number of nitrogens with zero attached hydrogens (tertiary/aromatic N) is 1. The number of carbonyl (C=O) groups is 1. The van der Waals surface area contributed by atoms with Crippen LogP contribution in [0.5, 0.6) is 0 Å². The van der Waals surface area contributed by atoms with Crippen LogP contribution in [0, 0.1) is 0 Å². The fourth-order valence-electron chi connectivity index (χ4n) is 1.24. The van der Waals surface area contributed by atoms with Crippen LogP contribution in [0.2, 0.25) is 0 Å². The van der Waals surface area contributed by atoms with Crippen LogP contribution in [-0.4, -0.2) is 47.3 Å². The predicted octanol–water partition coefficient (Wildman–Crippen LogP) is 1.03. The molecule has 4 nitrogen and oxygen atoms in total. The standard InChI is InChI=1S/C11H23NO3/c1-6-12(7-9(2)13)8-10(14)15-11(3,4)5/h9,13H,6-8H2,1-5H3. The van der Waals surface area contributed by atoms with Gasteiger partial charge in [0.15, 0.2) is 0 Å². The fraction of sp³-hybridized carbons (Fsp3) is 0.909.